The predicted molar refractivity (Wildman–Crippen MR) is 101 cm³/mol. The number of likely N-dealkylation sites (N-methyl/N-ethyl adjacent to an activating group) is 1. The van der Waals surface area contributed by atoms with Gasteiger partial charge in [-0.1, -0.05) is 13.5 Å². The van der Waals surface area contributed by atoms with Crippen molar-refractivity contribution in [1.82, 2.24) is 14.8 Å². The fourth-order valence-corrected chi connectivity index (χ4v) is 3.54. The Labute approximate surface area is 162 Å². The number of methoxy groups -OCH3 is 1. The van der Waals surface area contributed by atoms with Gasteiger partial charge in [0.2, 0.25) is 5.91 Å². The Morgan fingerprint density at radius 1 is 1.50 bits per heavy atom. The maximum absolute atomic E-state index is 14.4. The number of H-pyrrole nitrogens is 1. The normalized spacial score (nSPS) is 18.9. The average Bonchev–Trinajstić information content (AvgIpc) is 3.28. The van der Waals surface area contributed by atoms with Gasteiger partial charge in [-0.05, 0) is 18.4 Å². The number of hydrogen-bond acceptors (Lipinski definition) is 4. The van der Waals surface area contributed by atoms with Crippen molar-refractivity contribution in [3.8, 4) is 11.8 Å². The van der Waals surface area contributed by atoms with Crippen molar-refractivity contribution in [2.45, 2.75) is 19.4 Å². The molecule has 0 aliphatic carbocycles. The van der Waals surface area contributed by atoms with Crippen LogP contribution in [0.1, 0.15) is 19.0 Å². The number of hydrogen-bond donors (Lipinski definition) is 1. The molecule has 3 rings (SSSR count). The van der Waals surface area contributed by atoms with Crippen LogP contribution in [0.15, 0.2) is 18.7 Å². The maximum atomic E-state index is 14.4. The molecule has 1 aromatic heterocycles. The summed E-state index contributed by atoms with van der Waals surface area (Å²) in [7, 11) is 2.93. The molecular formula is C20H22F2N4O2. The molecule has 1 aliphatic rings. The number of nitrogens with one attached hydrogen (secondary N) is 1. The fraction of sp³-hybridized carbons (Fsp3) is 0.400. The first-order chi connectivity index (χ1) is 13.3. The Hall–Kier alpha value is -3.08. The first-order valence-electron chi connectivity index (χ1n) is 8.91. The number of carbonyl (C=O) groups excluding carboxylic acids is 1. The van der Waals surface area contributed by atoms with Crippen molar-refractivity contribution in [1.29, 1.82) is 5.26 Å². The molecule has 1 fully saturated rings. The van der Waals surface area contributed by atoms with Crippen molar-refractivity contribution >= 4 is 22.5 Å². The highest BCUT2D eigenvalue weighted by molar-refractivity contribution is 5.87. The minimum Gasteiger partial charge on any atom is -0.493 e. The number of nitrogens with zero attached hydrogens (tertiary/aromatic N) is 3. The van der Waals surface area contributed by atoms with E-state index in [1.165, 1.54) is 13.2 Å². The Balaban J connectivity index is 1.80. The van der Waals surface area contributed by atoms with E-state index in [2.05, 4.69) is 17.6 Å². The van der Waals surface area contributed by atoms with Gasteiger partial charge < -0.3 is 19.5 Å². The first-order valence-corrected chi connectivity index (χ1v) is 8.91. The van der Waals surface area contributed by atoms with Gasteiger partial charge in [0.05, 0.1) is 36.6 Å². The largest absolute Gasteiger partial charge is 0.493 e. The van der Waals surface area contributed by atoms with Crippen LogP contribution >= 0.6 is 0 Å². The zero-order valence-corrected chi connectivity index (χ0v) is 16.1. The van der Waals surface area contributed by atoms with Gasteiger partial charge in [-0.25, -0.2) is 8.78 Å². The summed E-state index contributed by atoms with van der Waals surface area (Å²) in [5.41, 5.74) is 0.775. The summed E-state index contributed by atoms with van der Waals surface area (Å²) in [4.78, 5) is 18.6. The van der Waals surface area contributed by atoms with Gasteiger partial charge in [0, 0.05) is 25.0 Å². The van der Waals surface area contributed by atoms with Gasteiger partial charge in [0.1, 0.15) is 11.9 Å². The molecule has 2 atom stereocenters. The molecule has 1 saturated heterocycles. The molecule has 2 aromatic rings. The van der Waals surface area contributed by atoms with E-state index in [1.54, 1.807) is 16.8 Å². The van der Waals surface area contributed by atoms with Gasteiger partial charge in [-0.3, -0.25) is 4.79 Å². The lowest BCUT2D eigenvalue weighted by atomic mass is 10.1. The van der Waals surface area contributed by atoms with Crippen LogP contribution in [-0.4, -0.2) is 54.0 Å². The van der Waals surface area contributed by atoms with Crippen molar-refractivity contribution in [2.75, 3.05) is 27.2 Å². The molecule has 2 unspecified atom stereocenters. The highest BCUT2D eigenvalue weighted by Gasteiger charge is 2.33. The second-order valence-corrected chi connectivity index (χ2v) is 7.18. The van der Waals surface area contributed by atoms with Crippen LogP contribution in [0, 0.1) is 28.9 Å². The minimum atomic E-state index is -0.695. The van der Waals surface area contributed by atoms with E-state index >= 15 is 0 Å². The van der Waals surface area contributed by atoms with Crippen LogP contribution < -0.4 is 4.74 Å². The van der Waals surface area contributed by atoms with Crippen LogP contribution in [0.3, 0.4) is 0 Å². The fourth-order valence-electron chi connectivity index (χ4n) is 3.54. The number of ether oxygens (including phenoxy) is 1. The van der Waals surface area contributed by atoms with Gasteiger partial charge in [0.25, 0.3) is 0 Å². The average molecular weight is 388 g/mol. The molecular weight excluding hydrogens is 366 g/mol. The summed E-state index contributed by atoms with van der Waals surface area (Å²) in [6.45, 7) is 6.49. The number of aromatic amines is 1. The van der Waals surface area contributed by atoms with E-state index in [1.807, 2.05) is 6.92 Å². The van der Waals surface area contributed by atoms with Gasteiger partial charge >= 0.3 is 0 Å². The third-order valence-electron chi connectivity index (χ3n) is 5.11. The zero-order chi connectivity index (χ0) is 20.6. The van der Waals surface area contributed by atoms with Crippen molar-refractivity contribution in [3.63, 3.8) is 0 Å². The van der Waals surface area contributed by atoms with E-state index in [9.17, 15) is 18.8 Å². The van der Waals surface area contributed by atoms with Crippen molar-refractivity contribution in [3.05, 3.63) is 36.0 Å². The Kier molecular flexibility index (Phi) is 5.27. The minimum absolute atomic E-state index is 0.00733. The molecule has 0 spiro atoms. The Morgan fingerprint density at radius 3 is 2.86 bits per heavy atom. The molecule has 1 aliphatic heterocycles. The smallest absolute Gasteiger partial charge is 0.243 e. The molecule has 1 aromatic carbocycles. The summed E-state index contributed by atoms with van der Waals surface area (Å²) in [6.07, 6.45) is 0.662. The highest BCUT2D eigenvalue weighted by Crippen LogP contribution is 2.31. The second-order valence-electron chi connectivity index (χ2n) is 7.18. The molecule has 0 saturated carbocycles. The molecule has 1 N–H and O–H groups in total. The number of rotatable bonds is 5. The lowest BCUT2D eigenvalue weighted by Gasteiger charge is -2.25. The summed E-state index contributed by atoms with van der Waals surface area (Å²) in [5.74, 6) is -1.42. The molecule has 148 valence electrons. The van der Waals surface area contributed by atoms with Crippen LogP contribution in [0.5, 0.6) is 5.75 Å². The standard InChI is InChI=1S/C20H22F2N4O2/c1-11-5-13(8-23)26(9-11)18(27)10-25(3)12(2)16-6-14-15(21)7-17(28-4)19(22)20(14)24-16/h6-7,11,13,24H,2,5,9-10H2,1,3-4H3. The van der Waals surface area contributed by atoms with E-state index < -0.39 is 17.7 Å². The number of halogens is 2. The Morgan fingerprint density at radius 2 is 2.21 bits per heavy atom. The summed E-state index contributed by atoms with van der Waals surface area (Å²) < 4.78 is 33.5. The molecule has 2 heterocycles. The third-order valence-corrected chi connectivity index (χ3v) is 5.11. The quantitative estimate of drug-likeness (QED) is 0.854. The predicted octanol–water partition coefficient (Wildman–Crippen LogP) is 3.12. The van der Waals surface area contributed by atoms with Gasteiger partial charge in [0.15, 0.2) is 11.6 Å². The Bertz CT molecular complexity index is 979. The van der Waals surface area contributed by atoms with Crippen LogP contribution in [0.4, 0.5) is 8.78 Å². The first kappa shape index (κ1) is 19.7. The molecule has 0 radical (unpaired) electrons. The summed E-state index contributed by atoms with van der Waals surface area (Å²) in [6, 6.07) is 4.18. The monoisotopic (exact) mass is 388 g/mol. The van der Waals surface area contributed by atoms with Crippen LogP contribution in [0.2, 0.25) is 0 Å². The number of aromatic nitrogens is 1. The van der Waals surface area contributed by atoms with Crippen molar-refractivity contribution < 1.29 is 18.3 Å². The number of likely N-dealkylation sites (tertiary alicyclic amines) is 1. The van der Waals surface area contributed by atoms with Gasteiger partial charge in [-0.15, -0.1) is 0 Å². The highest BCUT2D eigenvalue weighted by atomic mass is 19.1. The zero-order valence-electron chi connectivity index (χ0n) is 16.1. The van der Waals surface area contributed by atoms with Crippen LogP contribution in [-0.2, 0) is 4.79 Å². The van der Waals surface area contributed by atoms with E-state index in [0.717, 1.165) is 6.07 Å². The molecule has 0 bridgehead atoms. The van der Waals surface area contributed by atoms with Gasteiger partial charge in [-0.2, -0.15) is 5.26 Å². The third kappa shape index (κ3) is 3.40. The molecule has 8 heteroatoms. The summed E-state index contributed by atoms with van der Waals surface area (Å²) in [5, 5.41) is 9.31. The SMILES string of the molecule is C=C(c1cc2c(F)cc(OC)c(F)c2[nH]1)N(C)CC(=O)N1CC(C)CC1C#N. The lowest BCUT2D eigenvalue weighted by Crippen LogP contribution is -2.40. The molecule has 28 heavy (non-hydrogen) atoms. The van der Waals surface area contributed by atoms with Crippen molar-refractivity contribution in [2.24, 2.45) is 5.92 Å². The van der Waals surface area contributed by atoms with E-state index in [0.29, 0.717) is 24.4 Å². The number of carbonyl (C=O) groups is 1. The van der Waals surface area contributed by atoms with E-state index in [-0.39, 0.29) is 35.0 Å². The second kappa shape index (κ2) is 7.50. The summed E-state index contributed by atoms with van der Waals surface area (Å²) >= 11 is 0. The lowest BCUT2D eigenvalue weighted by molar-refractivity contribution is -0.131. The molecule has 1 amide bonds. The number of benzene rings is 1. The van der Waals surface area contributed by atoms with E-state index in [4.69, 9.17) is 4.74 Å². The van der Waals surface area contributed by atoms with Crippen LogP contribution in [0.25, 0.3) is 16.6 Å². The number of fused-ring (bicyclic) bond motifs is 1. The number of amides is 1. The maximum Gasteiger partial charge on any atom is 0.243 e. The number of nitriles is 1. The topological polar surface area (TPSA) is 72.4 Å². The molecule has 6 nitrogen and oxygen atoms in total.